The fourth-order valence-electron chi connectivity index (χ4n) is 9.62. The van der Waals surface area contributed by atoms with Crippen LogP contribution in [0.25, 0.3) is 33.1 Å². The number of anilines is 4. The number of aromatic nitrogens is 9. The minimum atomic E-state index is -0.514. The number of hydrogen-bond acceptors (Lipinski definition) is 25. The van der Waals surface area contributed by atoms with Gasteiger partial charge in [0.15, 0.2) is 16.8 Å². The number of hydrogen-bond donors (Lipinski definition) is 13. The molecule has 0 aliphatic rings. The van der Waals surface area contributed by atoms with Crippen LogP contribution < -0.4 is 61.5 Å². The number of aliphatic hydroxyl groups excluding tert-OH is 7. The van der Waals surface area contributed by atoms with E-state index in [1.165, 1.54) is 44.9 Å². The van der Waals surface area contributed by atoms with Crippen molar-refractivity contribution in [1.29, 1.82) is 0 Å². The first kappa shape index (κ1) is 110. The van der Waals surface area contributed by atoms with Crippen molar-refractivity contribution in [1.82, 2.24) is 44.9 Å². The second kappa shape index (κ2) is 69.7. The van der Waals surface area contributed by atoms with E-state index in [1.54, 1.807) is 72.6 Å². The fraction of sp³-hybridized carbons (Fsp3) is 0.646. The van der Waals surface area contributed by atoms with Crippen LogP contribution in [0.15, 0.2) is 73.2 Å². The molecule has 0 saturated carbocycles. The third-order valence-corrected chi connectivity index (χ3v) is 17.3. The molecular formula is C82H144Cl2LiN15O10. The normalized spacial score (nSPS) is 13.3. The number of nitrogens with one attached hydrogen (secondary N) is 3. The molecule has 0 radical (unpaired) electrons. The van der Waals surface area contributed by atoms with Gasteiger partial charge in [-0.1, -0.05) is 171 Å². The first-order valence-corrected chi connectivity index (χ1v) is 39.8. The van der Waals surface area contributed by atoms with Crippen molar-refractivity contribution < 1.29 is 68.9 Å². The summed E-state index contributed by atoms with van der Waals surface area (Å²) in [6.07, 6.45) is 27.7. The van der Waals surface area contributed by atoms with Crippen LogP contribution in [-0.4, -0.2) is 170 Å². The predicted molar refractivity (Wildman–Crippen MR) is 454 cm³/mol. The Kier molecular flexibility index (Phi) is 69.9. The zero-order valence-electron chi connectivity index (χ0n) is 70.4. The number of nitrogens with two attached hydrogens (primary N) is 3. The number of pyridine rings is 3. The SMILES string of the molecule is CCCCC(C)C(C)O.CCCCC(C)C=O.CCCCC(N)C(C)O.CCCCC(Nc1nc(N)nc2cccnc12)C(C)O.CCCCC(Nc1nc(NCc2ccc(OC)cc2OC)nc2cccnc12)C(C)O.CCCC[C@@H](C)CO.CCCC[C@@H](N)CO.CCO.Clc1nc(Cl)c2ncccc2n1.[CH3-].[Li+]. The zero-order chi connectivity index (χ0) is 81.8. The third-order valence-electron chi connectivity index (χ3n) is 16.9. The maximum Gasteiger partial charge on any atom is 1.00 e. The molecule has 25 nitrogen and oxygen atoms in total. The van der Waals surface area contributed by atoms with Gasteiger partial charge in [0.05, 0.1) is 73.9 Å². The maximum absolute atomic E-state index is 10.2. The summed E-state index contributed by atoms with van der Waals surface area (Å²) in [5.74, 6) is 4.58. The largest absolute Gasteiger partial charge is 1.00 e. The van der Waals surface area contributed by atoms with Gasteiger partial charge in [-0.05, 0) is 152 Å². The number of benzene rings is 1. The summed E-state index contributed by atoms with van der Waals surface area (Å²) in [5, 5.41) is 73.0. The zero-order valence-corrected chi connectivity index (χ0v) is 71.9. The molecule has 11 atom stereocenters. The number of halogens is 2. The number of carbonyl (C=O) groups excluding carboxylic acids is 1. The van der Waals surface area contributed by atoms with Crippen LogP contribution in [0.3, 0.4) is 0 Å². The van der Waals surface area contributed by atoms with Crippen LogP contribution in [0.1, 0.15) is 244 Å². The Labute approximate surface area is 682 Å². The summed E-state index contributed by atoms with van der Waals surface area (Å²) in [4.78, 5) is 48.1. The van der Waals surface area contributed by atoms with Crippen LogP contribution in [0, 0.1) is 25.2 Å². The van der Waals surface area contributed by atoms with E-state index in [4.69, 9.17) is 75.4 Å². The maximum atomic E-state index is 10.2. The number of carbonyl (C=O) groups is 1. The van der Waals surface area contributed by atoms with Gasteiger partial charge in [0.1, 0.15) is 34.3 Å². The smallest absolute Gasteiger partial charge is 0.497 e. The minimum absolute atomic E-state index is 0. The Hall–Kier alpha value is -6.02. The first-order valence-electron chi connectivity index (χ1n) is 39.1. The fourth-order valence-corrected chi connectivity index (χ4v) is 10.1. The van der Waals surface area contributed by atoms with Crippen molar-refractivity contribution >= 4 is 86.1 Å². The molecule has 6 aromatic heterocycles. The minimum Gasteiger partial charge on any atom is -0.497 e. The Morgan fingerprint density at radius 1 is 0.518 bits per heavy atom. The monoisotopic (exact) mass is 1580 g/mol. The second-order valence-electron chi connectivity index (χ2n) is 27.0. The van der Waals surface area contributed by atoms with E-state index in [1.807, 2.05) is 56.3 Å². The number of methoxy groups -OCH3 is 2. The van der Waals surface area contributed by atoms with Gasteiger partial charge in [0, 0.05) is 68.0 Å². The van der Waals surface area contributed by atoms with E-state index < -0.39 is 12.2 Å². The second-order valence-corrected chi connectivity index (χ2v) is 27.7. The summed E-state index contributed by atoms with van der Waals surface area (Å²) in [7, 11) is 3.25. The number of aldehydes is 1. The quantitative estimate of drug-likeness (QED) is 0.00565. The molecule has 1 aromatic carbocycles. The molecule has 6 heterocycles. The molecule has 0 aliphatic carbocycles. The van der Waals surface area contributed by atoms with Crippen molar-refractivity contribution in [3.8, 4) is 11.5 Å². The van der Waals surface area contributed by atoms with Crippen LogP contribution in [-0.2, 0) is 11.3 Å². The molecule has 7 aromatic rings. The topological polar surface area (TPSA) is 407 Å². The van der Waals surface area contributed by atoms with E-state index >= 15 is 0 Å². The number of ether oxygens (including phenoxy) is 2. The van der Waals surface area contributed by atoms with E-state index in [-0.39, 0.29) is 98.2 Å². The number of nitrogens with zero attached hydrogens (tertiary/aromatic N) is 9. The first-order chi connectivity index (χ1) is 51.6. The molecule has 0 bridgehead atoms. The van der Waals surface area contributed by atoms with Gasteiger partial charge < -0.3 is 90.6 Å². The standard InChI is InChI=1S/C23H31N5O3.C14H21N5O.C8H18O.C7H3Cl2N3.C7H17NO.C7H16O.C7H14O.C6H15NO.C2H6O.CH3.Li/c1-5-6-8-18(15(2)29)26-22-21-19(9-7-12-24-21)27-23(28-22)25-14-16-10-11-17(30-3)13-20(16)31-4;1-3-4-6-10(9(2)20)17-13-12-11(7-5-8-16-12)18-14(15)19-13;1-4-5-6-7(2)8(3)9;8-6-5-4(2-1-3-10-5)11-7(9)12-6;1-3-4-5-7(8)6(2)9;2*1-3-4-5-7(2)6-8;1-2-3-4-6(7)5-8;1-2-3;;/h7,9-13,15,18,29H,5-6,8,14H2,1-4H3,(H2,25,26,27,28);5,7-10,20H,3-4,6H2,1-2H3,(H3,15,17,18,19);7-9H,4-6H2,1-3H3;1-3H;6-7,9H,3-5,8H2,1-2H3;7-8H,3-6H2,1-2H3;6-7H,3-5H2,1-2H3;6,8H,2-5,7H2,1H3;3H,2H2,1H3;1H3;/q;;;;;;;;;-1;+1/t;;;;;7-;;6-;;;/m.....1.1.../s1. The summed E-state index contributed by atoms with van der Waals surface area (Å²) in [5.41, 5.74) is 21.6. The van der Waals surface area contributed by atoms with Gasteiger partial charge in [-0.25, -0.2) is 19.9 Å². The van der Waals surface area contributed by atoms with Crippen molar-refractivity contribution in [2.24, 2.45) is 29.2 Å². The van der Waals surface area contributed by atoms with Gasteiger partial charge in [-0.2, -0.15) is 9.97 Å². The van der Waals surface area contributed by atoms with Crippen molar-refractivity contribution in [3.63, 3.8) is 0 Å². The van der Waals surface area contributed by atoms with Gasteiger partial charge >= 0.3 is 18.9 Å². The van der Waals surface area contributed by atoms with Crippen LogP contribution in [0.5, 0.6) is 11.5 Å². The molecule has 16 N–H and O–H groups in total. The third kappa shape index (κ3) is 50.9. The molecule has 7 rings (SSSR count). The van der Waals surface area contributed by atoms with E-state index in [0.717, 1.165) is 119 Å². The number of aliphatic hydroxyl groups is 7. The molecule has 0 fully saturated rings. The van der Waals surface area contributed by atoms with Crippen molar-refractivity contribution in [2.75, 3.05) is 55.7 Å². The number of fused-ring (bicyclic) bond motifs is 3. The van der Waals surface area contributed by atoms with E-state index in [0.29, 0.717) is 70.2 Å². The summed E-state index contributed by atoms with van der Waals surface area (Å²) in [6.45, 7) is 31.2. The van der Waals surface area contributed by atoms with Gasteiger partial charge in [0.25, 0.3) is 0 Å². The average Bonchev–Trinajstić information content (AvgIpc) is 0.797. The Bertz CT molecular complexity index is 3310. The molecule has 0 spiro atoms. The molecule has 622 valence electrons. The van der Waals surface area contributed by atoms with Crippen LogP contribution in [0.4, 0.5) is 23.5 Å². The summed E-state index contributed by atoms with van der Waals surface area (Å²) in [6, 6.07) is 16.4. The molecule has 110 heavy (non-hydrogen) atoms. The summed E-state index contributed by atoms with van der Waals surface area (Å²) >= 11 is 11.4. The van der Waals surface area contributed by atoms with Crippen molar-refractivity contribution in [2.45, 2.75) is 294 Å². The molecular weight excluding hydrogens is 1430 g/mol. The molecule has 0 amide bonds. The predicted octanol–water partition coefficient (Wildman–Crippen LogP) is 13.1. The van der Waals surface area contributed by atoms with Crippen LogP contribution in [0.2, 0.25) is 10.4 Å². The average molecular weight is 1580 g/mol. The molecule has 0 aliphatic heterocycles. The van der Waals surface area contributed by atoms with E-state index in [2.05, 4.69) is 123 Å². The Morgan fingerprint density at radius 2 is 0.964 bits per heavy atom. The van der Waals surface area contributed by atoms with E-state index in [9.17, 15) is 15.0 Å². The molecule has 0 saturated heterocycles. The van der Waals surface area contributed by atoms with Crippen LogP contribution >= 0.6 is 23.2 Å². The Morgan fingerprint density at radius 3 is 1.41 bits per heavy atom. The number of unbranched alkanes of at least 4 members (excludes halogenated alkanes) is 7. The Balaban J connectivity index is -0.000000618. The number of rotatable bonds is 37. The summed E-state index contributed by atoms with van der Waals surface area (Å²) < 4.78 is 10.7. The van der Waals surface area contributed by atoms with Gasteiger partial charge in [0.2, 0.25) is 17.2 Å². The molecule has 28 heteroatoms. The molecule has 9 unspecified atom stereocenters. The van der Waals surface area contributed by atoms with Crippen molar-refractivity contribution in [3.05, 3.63) is 96.6 Å². The van der Waals surface area contributed by atoms with Gasteiger partial charge in [-0.3, -0.25) is 15.0 Å². The number of nitrogen functional groups attached to an aromatic ring is 1. The van der Waals surface area contributed by atoms with Gasteiger partial charge in [-0.15, -0.1) is 0 Å².